The average Bonchev–Trinajstić information content (AvgIpc) is 2.13. The predicted octanol–water partition coefficient (Wildman–Crippen LogP) is 3.44. The summed E-state index contributed by atoms with van der Waals surface area (Å²) in [4.78, 5) is 11.4. The first kappa shape index (κ1) is 12.8. The van der Waals surface area contributed by atoms with E-state index in [9.17, 15) is 4.79 Å². The molecular formula is C11H20OS. The Hall–Kier alpha value is -0.240. The molecule has 2 heteroatoms. The van der Waals surface area contributed by atoms with Gasteiger partial charge in [0.1, 0.15) is 5.78 Å². The van der Waals surface area contributed by atoms with E-state index >= 15 is 0 Å². The monoisotopic (exact) mass is 200 g/mol. The van der Waals surface area contributed by atoms with Gasteiger partial charge in [-0.1, -0.05) is 32.9 Å². The number of carbonyl (C=O) groups is 1. The van der Waals surface area contributed by atoms with Crippen LogP contribution >= 0.6 is 11.8 Å². The normalized spacial score (nSPS) is 12.5. The van der Waals surface area contributed by atoms with Crippen LogP contribution < -0.4 is 0 Å². The fourth-order valence-corrected chi connectivity index (χ4v) is 1.62. The molecule has 0 aliphatic carbocycles. The van der Waals surface area contributed by atoms with E-state index in [0.29, 0.717) is 23.2 Å². The molecule has 0 bridgehead atoms. The maximum atomic E-state index is 11.4. The van der Waals surface area contributed by atoms with Crippen molar-refractivity contribution in [3.8, 4) is 0 Å². The van der Waals surface area contributed by atoms with Crippen molar-refractivity contribution >= 4 is 17.5 Å². The first-order valence-corrected chi connectivity index (χ1v) is 5.94. The zero-order valence-electron chi connectivity index (χ0n) is 8.93. The van der Waals surface area contributed by atoms with Gasteiger partial charge in [-0.2, -0.15) is 11.8 Å². The van der Waals surface area contributed by atoms with Crippen molar-refractivity contribution in [1.82, 2.24) is 0 Å². The highest BCUT2D eigenvalue weighted by molar-refractivity contribution is 8.00. The van der Waals surface area contributed by atoms with Gasteiger partial charge < -0.3 is 0 Å². The van der Waals surface area contributed by atoms with Gasteiger partial charge in [-0.05, 0) is 12.8 Å². The molecule has 0 N–H and O–H groups in total. The zero-order chi connectivity index (χ0) is 10.3. The van der Waals surface area contributed by atoms with Crippen molar-refractivity contribution < 1.29 is 4.79 Å². The molecule has 1 atom stereocenters. The number of rotatable bonds is 7. The third-order valence-electron chi connectivity index (χ3n) is 2.05. The summed E-state index contributed by atoms with van der Waals surface area (Å²) >= 11 is 1.75. The molecule has 0 amide bonds. The molecule has 0 radical (unpaired) electrons. The smallest absolute Gasteiger partial charge is 0.146 e. The van der Waals surface area contributed by atoms with Crippen LogP contribution in [0.5, 0.6) is 0 Å². The molecule has 0 rings (SSSR count). The maximum absolute atomic E-state index is 11.4. The number of hydrogen-bond donors (Lipinski definition) is 0. The Labute approximate surface area is 86.0 Å². The number of thioether (sulfide) groups is 1. The van der Waals surface area contributed by atoms with E-state index in [1.54, 1.807) is 11.8 Å². The van der Waals surface area contributed by atoms with Crippen LogP contribution in [0.4, 0.5) is 0 Å². The highest BCUT2D eigenvalue weighted by atomic mass is 32.2. The summed E-state index contributed by atoms with van der Waals surface area (Å²) in [5, 5.41) is 0.596. The molecule has 0 aromatic carbocycles. The summed E-state index contributed by atoms with van der Waals surface area (Å²) in [7, 11) is 0. The van der Waals surface area contributed by atoms with Gasteiger partial charge in [0.05, 0.1) is 5.75 Å². The van der Waals surface area contributed by atoms with E-state index < -0.39 is 0 Å². The Bertz CT molecular complexity index is 175. The Balaban J connectivity index is 3.57. The maximum Gasteiger partial charge on any atom is 0.146 e. The van der Waals surface area contributed by atoms with E-state index in [-0.39, 0.29) is 0 Å². The molecule has 0 saturated heterocycles. The van der Waals surface area contributed by atoms with Crippen molar-refractivity contribution in [2.75, 3.05) is 5.75 Å². The standard InChI is InChI=1S/C11H20OS/c1-5-9(3)7-11(12)8-13-10(4)6-2/h10H,3,5-8H2,1-2,4H3. The fraction of sp³-hybridized carbons (Fsp3) is 0.727. The number of hydrogen-bond acceptors (Lipinski definition) is 2. The molecule has 1 nitrogen and oxygen atoms in total. The summed E-state index contributed by atoms with van der Waals surface area (Å²) in [6, 6.07) is 0. The Morgan fingerprint density at radius 1 is 1.46 bits per heavy atom. The predicted molar refractivity (Wildman–Crippen MR) is 61.3 cm³/mol. The lowest BCUT2D eigenvalue weighted by Gasteiger charge is -2.07. The van der Waals surface area contributed by atoms with Crippen LogP contribution in [0.3, 0.4) is 0 Å². The molecule has 13 heavy (non-hydrogen) atoms. The van der Waals surface area contributed by atoms with Gasteiger partial charge in [0, 0.05) is 11.7 Å². The second-order valence-corrected chi connectivity index (χ2v) is 4.78. The van der Waals surface area contributed by atoms with E-state index in [2.05, 4.69) is 20.4 Å². The van der Waals surface area contributed by atoms with Gasteiger partial charge in [-0.25, -0.2) is 0 Å². The molecule has 0 aliphatic rings. The van der Waals surface area contributed by atoms with Crippen molar-refractivity contribution in [1.29, 1.82) is 0 Å². The average molecular weight is 200 g/mol. The third-order valence-corrected chi connectivity index (χ3v) is 3.44. The Kier molecular flexibility index (Phi) is 7.06. The number of carbonyl (C=O) groups excluding carboxylic acids is 1. The van der Waals surface area contributed by atoms with Crippen LogP contribution in [-0.4, -0.2) is 16.8 Å². The molecule has 1 unspecified atom stereocenters. The largest absolute Gasteiger partial charge is 0.298 e. The van der Waals surface area contributed by atoms with E-state index in [1.165, 1.54) is 0 Å². The van der Waals surface area contributed by atoms with Crippen LogP contribution in [0.25, 0.3) is 0 Å². The summed E-state index contributed by atoms with van der Waals surface area (Å²) in [6.07, 6.45) is 2.62. The first-order chi connectivity index (χ1) is 6.10. The van der Waals surface area contributed by atoms with Crippen LogP contribution in [0.1, 0.15) is 40.0 Å². The second-order valence-electron chi connectivity index (χ2n) is 3.35. The van der Waals surface area contributed by atoms with E-state index in [0.717, 1.165) is 18.4 Å². The number of Topliss-reactive ketones (excluding diaryl/α,β-unsaturated/α-hetero) is 1. The lowest BCUT2D eigenvalue weighted by atomic mass is 10.1. The molecule has 0 heterocycles. The fourth-order valence-electron chi connectivity index (χ4n) is 0.808. The van der Waals surface area contributed by atoms with Gasteiger partial charge in [0.25, 0.3) is 0 Å². The summed E-state index contributed by atoms with van der Waals surface area (Å²) in [6.45, 7) is 10.2. The first-order valence-electron chi connectivity index (χ1n) is 4.90. The lowest BCUT2D eigenvalue weighted by molar-refractivity contribution is -0.116. The molecular weight excluding hydrogens is 180 g/mol. The lowest BCUT2D eigenvalue weighted by Crippen LogP contribution is -2.06. The van der Waals surface area contributed by atoms with Gasteiger partial charge in [0.15, 0.2) is 0 Å². The summed E-state index contributed by atoms with van der Waals surface area (Å²) in [5.41, 5.74) is 1.05. The quantitative estimate of drug-likeness (QED) is 0.586. The molecule has 76 valence electrons. The van der Waals surface area contributed by atoms with E-state index in [4.69, 9.17) is 0 Å². The zero-order valence-corrected chi connectivity index (χ0v) is 9.75. The Morgan fingerprint density at radius 2 is 2.08 bits per heavy atom. The molecule has 0 spiro atoms. The van der Waals surface area contributed by atoms with Crippen LogP contribution in [0.2, 0.25) is 0 Å². The van der Waals surface area contributed by atoms with Gasteiger partial charge >= 0.3 is 0 Å². The van der Waals surface area contributed by atoms with Crippen molar-refractivity contribution in [3.63, 3.8) is 0 Å². The molecule has 0 aliphatic heterocycles. The second kappa shape index (κ2) is 7.19. The molecule has 0 aromatic heterocycles. The van der Waals surface area contributed by atoms with Gasteiger partial charge in [-0.3, -0.25) is 4.79 Å². The Morgan fingerprint density at radius 3 is 2.54 bits per heavy atom. The van der Waals surface area contributed by atoms with Crippen LogP contribution in [-0.2, 0) is 4.79 Å². The highest BCUT2D eigenvalue weighted by Gasteiger charge is 2.06. The number of ketones is 1. The minimum absolute atomic E-state index is 0.317. The SMILES string of the molecule is C=C(CC)CC(=O)CSC(C)CC. The van der Waals surface area contributed by atoms with Gasteiger partial charge in [-0.15, -0.1) is 0 Å². The summed E-state index contributed by atoms with van der Waals surface area (Å²) in [5.74, 6) is 0.964. The highest BCUT2D eigenvalue weighted by Crippen LogP contribution is 2.15. The minimum Gasteiger partial charge on any atom is -0.298 e. The number of allylic oxidation sites excluding steroid dienone is 1. The third kappa shape index (κ3) is 6.88. The van der Waals surface area contributed by atoms with Crippen molar-refractivity contribution in [2.45, 2.75) is 45.3 Å². The molecule has 0 aromatic rings. The molecule has 0 saturated carbocycles. The topological polar surface area (TPSA) is 17.1 Å². The minimum atomic E-state index is 0.317. The van der Waals surface area contributed by atoms with Crippen LogP contribution in [0.15, 0.2) is 12.2 Å². The summed E-state index contributed by atoms with van der Waals surface area (Å²) < 4.78 is 0. The van der Waals surface area contributed by atoms with E-state index in [1.807, 2.05) is 6.92 Å². The van der Waals surface area contributed by atoms with Crippen LogP contribution in [0, 0.1) is 0 Å². The van der Waals surface area contributed by atoms with Crippen molar-refractivity contribution in [3.05, 3.63) is 12.2 Å². The van der Waals surface area contributed by atoms with Crippen molar-refractivity contribution in [2.24, 2.45) is 0 Å². The van der Waals surface area contributed by atoms with Gasteiger partial charge in [0.2, 0.25) is 0 Å². The molecule has 0 fully saturated rings.